The van der Waals surface area contributed by atoms with E-state index >= 15 is 0 Å². The highest BCUT2D eigenvalue weighted by Gasteiger charge is 2.16. The molecule has 76 valence electrons. The van der Waals surface area contributed by atoms with E-state index in [9.17, 15) is 9.18 Å². The first kappa shape index (κ1) is 9.25. The summed E-state index contributed by atoms with van der Waals surface area (Å²) < 4.78 is 17.9. The molecule has 0 unspecified atom stereocenters. The lowest BCUT2D eigenvalue weighted by atomic mass is 10.2. The van der Waals surface area contributed by atoms with E-state index in [1.807, 2.05) is 0 Å². The van der Waals surface area contributed by atoms with Crippen LogP contribution in [-0.2, 0) is 0 Å². The van der Waals surface area contributed by atoms with Gasteiger partial charge in [-0.3, -0.25) is 4.98 Å². The second-order valence-corrected chi connectivity index (χ2v) is 2.57. The van der Waals surface area contributed by atoms with E-state index in [0.717, 1.165) is 6.20 Å². The van der Waals surface area contributed by atoms with Crippen LogP contribution in [-0.4, -0.2) is 26.3 Å². The fourth-order valence-corrected chi connectivity index (χ4v) is 0.967. The summed E-state index contributed by atoms with van der Waals surface area (Å²) in [7, 11) is 0. The van der Waals surface area contributed by atoms with Gasteiger partial charge in [0.25, 0.3) is 5.89 Å². The van der Waals surface area contributed by atoms with E-state index in [1.165, 1.54) is 12.3 Å². The molecule has 2 aromatic heterocycles. The number of halogens is 1. The maximum Gasteiger partial charge on any atom is 0.393 e. The fourth-order valence-electron chi connectivity index (χ4n) is 0.967. The monoisotopic (exact) mass is 209 g/mol. The molecule has 15 heavy (non-hydrogen) atoms. The molecular formula is C8H4FN3O3. The van der Waals surface area contributed by atoms with Crippen LogP contribution in [0.15, 0.2) is 22.9 Å². The number of carboxylic acid groups (broad SMARTS) is 1. The molecule has 0 amide bonds. The third-order valence-corrected chi connectivity index (χ3v) is 1.61. The normalized spacial score (nSPS) is 10.2. The SMILES string of the molecule is O=C(O)c1nnc(-c2ccncc2F)o1. The van der Waals surface area contributed by atoms with E-state index in [0.29, 0.717) is 0 Å². The Morgan fingerprint density at radius 3 is 2.87 bits per heavy atom. The van der Waals surface area contributed by atoms with Gasteiger partial charge in [0.15, 0.2) is 5.82 Å². The van der Waals surface area contributed by atoms with Gasteiger partial charge in [-0.15, -0.1) is 10.2 Å². The molecular weight excluding hydrogens is 205 g/mol. The molecule has 0 aliphatic heterocycles. The number of aromatic carboxylic acids is 1. The minimum absolute atomic E-state index is 0.0185. The summed E-state index contributed by atoms with van der Waals surface area (Å²) in [5, 5.41) is 15.1. The van der Waals surface area contributed by atoms with E-state index < -0.39 is 17.7 Å². The Bertz CT molecular complexity index is 511. The van der Waals surface area contributed by atoms with Crippen molar-refractivity contribution >= 4 is 5.97 Å². The number of hydrogen-bond acceptors (Lipinski definition) is 5. The second-order valence-electron chi connectivity index (χ2n) is 2.57. The fraction of sp³-hybridized carbons (Fsp3) is 0. The maximum atomic E-state index is 13.1. The number of nitrogens with zero attached hydrogens (tertiary/aromatic N) is 3. The van der Waals surface area contributed by atoms with Crippen molar-refractivity contribution in [2.24, 2.45) is 0 Å². The Balaban J connectivity index is 2.46. The van der Waals surface area contributed by atoms with E-state index in [1.54, 1.807) is 0 Å². The van der Waals surface area contributed by atoms with Gasteiger partial charge in [-0.2, -0.15) is 0 Å². The molecule has 0 spiro atoms. The van der Waals surface area contributed by atoms with Crippen LogP contribution in [0.1, 0.15) is 10.7 Å². The van der Waals surface area contributed by atoms with Gasteiger partial charge >= 0.3 is 11.9 Å². The molecule has 0 aromatic carbocycles. The Morgan fingerprint density at radius 2 is 2.27 bits per heavy atom. The smallest absolute Gasteiger partial charge is 0.393 e. The predicted molar refractivity (Wildman–Crippen MR) is 44.4 cm³/mol. The molecule has 0 bridgehead atoms. The van der Waals surface area contributed by atoms with Gasteiger partial charge in [-0.05, 0) is 6.07 Å². The minimum Gasteiger partial charge on any atom is -0.474 e. The summed E-state index contributed by atoms with van der Waals surface area (Å²) in [6, 6.07) is 1.31. The van der Waals surface area contributed by atoms with Gasteiger partial charge in [0.1, 0.15) is 0 Å². The van der Waals surface area contributed by atoms with Gasteiger partial charge in [0.05, 0.1) is 11.8 Å². The molecule has 7 heteroatoms. The lowest BCUT2D eigenvalue weighted by Crippen LogP contribution is -1.95. The zero-order valence-electron chi connectivity index (χ0n) is 7.22. The summed E-state index contributed by atoms with van der Waals surface area (Å²) in [5.41, 5.74) is 0.0185. The number of carbonyl (C=O) groups is 1. The summed E-state index contributed by atoms with van der Waals surface area (Å²) >= 11 is 0. The van der Waals surface area contributed by atoms with Crippen LogP contribution in [0.5, 0.6) is 0 Å². The van der Waals surface area contributed by atoms with Crippen LogP contribution >= 0.6 is 0 Å². The number of carboxylic acids is 1. The van der Waals surface area contributed by atoms with Crippen molar-refractivity contribution in [1.29, 1.82) is 0 Å². The highest BCUT2D eigenvalue weighted by atomic mass is 19.1. The summed E-state index contributed by atoms with van der Waals surface area (Å²) in [5.74, 6) is -2.78. The van der Waals surface area contributed by atoms with Gasteiger partial charge in [-0.25, -0.2) is 9.18 Å². The average molecular weight is 209 g/mol. The zero-order chi connectivity index (χ0) is 10.8. The van der Waals surface area contributed by atoms with E-state index in [-0.39, 0.29) is 11.5 Å². The van der Waals surface area contributed by atoms with Crippen molar-refractivity contribution < 1.29 is 18.7 Å². The lowest BCUT2D eigenvalue weighted by molar-refractivity contribution is 0.0654. The van der Waals surface area contributed by atoms with Crippen LogP contribution in [0.4, 0.5) is 4.39 Å². The van der Waals surface area contributed by atoms with Crippen LogP contribution in [0.2, 0.25) is 0 Å². The van der Waals surface area contributed by atoms with Crippen LogP contribution < -0.4 is 0 Å². The Kier molecular flexibility index (Phi) is 2.13. The largest absolute Gasteiger partial charge is 0.474 e. The molecule has 0 saturated carbocycles. The first-order valence-electron chi connectivity index (χ1n) is 3.85. The van der Waals surface area contributed by atoms with Crippen molar-refractivity contribution in [3.63, 3.8) is 0 Å². The van der Waals surface area contributed by atoms with Crippen LogP contribution in [0.3, 0.4) is 0 Å². The highest BCUT2D eigenvalue weighted by molar-refractivity contribution is 5.82. The van der Waals surface area contributed by atoms with Crippen molar-refractivity contribution in [1.82, 2.24) is 15.2 Å². The van der Waals surface area contributed by atoms with Crippen molar-refractivity contribution in [2.75, 3.05) is 0 Å². The van der Waals surface area contributed by atoms with Gasteiger partial charge in [-0.1, -0.05) is 0 Å². The van der Waals surface area contributed by atoms with Gasteiger partial charge in [0, 0.05) is 6.20 Å². The van der Waals surface area contributed by atoms with Gasteiger partial charge < -0.3 is 9.52 Å². The topological polar surface area (TPSA) is 89.1 Å². The number of rotatable bonds is 2. The molecule has 2 aromatic rings. The standard InChI is InChI=1S/C8H4FN3O3/c9-5-3-10-2-1-4(5)6-11-12-7(15-6)8(13)14/h1-3H,(H,13,14). The maximum absolute atomic E-state index is 13.1. The molecule has 0 aliphatic rings. The zero-order valence-corrected chi connectivity index (χ0v) is 7.22. The van der Waals surface area contributed by atoms with Crippen LogP contribution in [0, 0.1) is 5.82 Å². The van der Waals surface area contributed by atoms with Crippen molar-refractivity contribution in [3.8, 4) is 11.5 Å². The van der Waals surface area contributed by atoms with E-state index in [4.69, 9.17) is 9.52 Å². The molecule has 6 nitrogen and oxygen atoms in total. The molecule has 2 heterocycles. The third kappa shape index (κ3) is 1.66. The number of hydrogen-bond donors (Lipinski definition) is 1. The quantitative estimate of drug-likeness (QED) is 0.792. The summed E-state index contributed by atoms with van der Waals surface area (Å²) in [6.45, 7) is 0. The highest BCUT2D eigenvalue weighted by Crippen LogP contribution is 2.19. The predicted octanol–water partition coefficient (Wildman–Crippen LogP) is 0.969. The Labute approximate surface area is 82.4 Å². The Hall–Kier alpha value is -2.31. The number of pyridine rings is 1. The molecule has 0 radical (unpaired) electrons. The first-order chi connectivity index (χ1) is 7.18. The molecule has 0 atom stereocenters. The van der Waals surface area contributed by atoms with Crippen molar-refractivity contribution in [3.05, 3.63) is 30.2 Å². The van der Waals surface area contributed by atoms with Crippen molar-refractivity contribution in [2.45, 2.75) is 0 Å². The number of aromatic nitrogens is 3. The first-order valence-corrected chi connectivity index (χ1v) is 3.85. The molecule has 0 fully saturated rings. The van der Waals surface area contributed by atoms with Gasteiger partial charge in [0.2, 0.25) is 0 Å². The van der Waals surface area contributed by atoms with Crippen LogP contribution in [0.25, 0.3) is 11.5 Å². The molecule has 1 N–H and O–H groups in total. The molecule has 0 aliphatic carbocycles. The Morgan fingerprint density at radius 1 is 1.47 bits per heavy atom. The molecule has 0 saturated heterocycles. The van der Waals surface area contributed by atoms with E-state index in [2.05, 4.69) is 15.2 Å². The second kappa shape index (κ2) is 3.45. The average Bonchev–Trinajstić information content (AvgIpc) is 2.67. The summed E-state index contributed by atoms with van der Waals surface area (Å²) in [4.78, 5) is 14.0. The molecule has 2 rings (SSSR count). The lowest BCUT2D eigenvalue weighted by Gasteiger charge is -1.94. The summed E-state index contributed by atoms with van der Waals surface area (Å²) in [6.07, 6.45) is 2.31. The minimum atomic E-state index is -1.36. The third-order valence-electron chi connectivity index (χ3n) is 1.61.